The molecule has 0 heterocycles. The zero-order valence-corrected chi connectivity index (χ0v) is 7.21. The van der Waals surface area contributed by atoms with Crippen LogP contribution >= 0.6 is 11.6 Å². The van der Waals surface area contributed by atoms with Crippen molar-refractivity contribution in [3.63, 3.8) is 0 Å². The zero-order chi connectivity index (χ0) is 8.72. The molecule has 0 aromatic heterocycles. The Morgan fingerprint density at radius 3 is 2.92 bits per heavy atom. The van der Waals surface area contributed by atoms with E-state index in [-0.39, 0.29) is 0 Å². The summed E-state index contributed by atoms with van der Waals surface area (Å²) in [6.07, 6.45) is 4.95. The fourth-order valence-electron chi connectivity index (χ4n) is 1.78. The van der Waals surface area contributed by atoms with Gasteiger partial charge in [-0.15, -0.1) is 0 Å². The first-order valence-corrected chi connectivity index (χ1v) is 4.36. The van der Waals surface area contributed by atoms with Crippen molar-refractivity contribution in [1.29, 1.82) is 0 Å². The number of hydrogen-bond donors (Lipinski definition) is 1. The summed E-state index contributed by atoms with van der Waals surface area (Å²) in [7, 11) is 0. The first-order chi connectivity index (χ1) is 5.68. The largest absolute Gasteiger partial charge is 0.478 e. The Morgan fingerprint density at radius 2 is 2.42 bits per heavy atom. The summed E-state index contributed by atoms with van der Waals surface area (Å²) < 4.78 is 0. The van der Waals surface area contributed by atoms with Crippen LogP contribution in [0.1, 0.15) is 12.8 Å². The SMILES string of the molecule is O=C(O)/C=C/C1=C(Cl)C[C@@H]2C[C@H]12. The first kappa shape index (κ1) is 7.87. The third-order valence-electron chi connectivity index (χ3n) is 2.48. The summed E-state index contributed by atoms with van der Waals surface area (Å²) in [6.45, 7) is 0. The molecule has 1 fully saturated rings. The molecule has 1 saturated carbocycles. The lowest BCUT2D eigenvalue weighted by molar-refractivity contribution is -0.131. The maximum atomic E-state index is 10.2. The van der Waals surface area contributed by atoms with Gasteiger partial charge in [-0.1, -0.05) is 17.7 Å². The first-order valence-electron chi connectivity index (χ1n) is 3.98. The van der Waals surface area contributed by atoms with Gasteiger partial charge in [0.15, 0.2) is 0 Å². The van der Waals surface area contributed by atoms with Gasteiger partial charge < -0.3 is 5.11 Å². The van der Waals surface area contributed by atoms with Gasteiger partial charge in [0.1, 0.15) is 0 Å². The molecule has 2 nitrogen and oxygen atoms in total. The molecule has 3 heteroatoms. The van der Waals surface area contributed by atoms with Gasteiger partial charge in [0.05, 0.1) is 0 Å². The predicted octanol–water partition coefficient (Wildman–Crippen LogP) is 2.16. The van der Waals surface area contributed by atoms with E-state index >= 15 is 0 Å². The average molecular weight is 185 g/mol. The standard InChI is InChI=1S/C9H9ClO2/c10-8-4-5-3-7(5)6(8)1-2-9(11)12/h1-2,5,7H,3-4H2,(H,11,12)/b2-1+/t5-,7-/m0/s1. The van der Waals surface area contributed by atoms with Gasteiger partial charge >= 0.3 is 5.97 Å². The molecule has 0 radical (unpaired) electrons. The van der Waals surface area contributed by atoms with E-state index in [1.807, 2.05) is 0 Å². The maximum Gasteiger partial charge on any atom is 0.328 e. The predicted molar refractivity (Wildman–Crippen MR) is 45.9 cm³/mol. The normalized spacial score (nSPS) is 32.8. The van der Waals surface area contributed by atoms with E-state index in [9.17, 15) is 4.79 Å². The number of aliphatic carboxylic acids is 1. The van der Waals surface area contributed by atoms with Crippen LogP contribution in [-0.2, 0) is 4.79 Å². The lowest BCUT2D eigenvalue weighted by Gasteiger charge is -1.95. The van der Waals surface area contributed by atoms with Crippen LogP contribution in [0.2, 0.25) is 0 Å². The number of allylic oxidation sites excluding steroid dienone is 3. The van der Waals surface area contributed by atoms with Crippen molar-refractivity contribution in [2.75, 3.05) is 0 Å². The van der Waals surface area contributed by atoms with Crippen molar-refractivity contribution in [2.45, 2.75) is 12.8 Å². The Balaban J connectivity index is 2.12. The van der Waals surface area contributed by atoms with Gasteiger partial charge in [-0.3, -0.25) is 0 Å². The molecule has 0 aromatic rings. The molecule has 64 valence electrons. The summed E-state index contributed by atoms with van der Waals surface area (Å²) in [5.74, 6) is 0.370. The lowest BCUT2D eigenvalue weighted by Crippen LogP contribution is -1.88. The molecule has 0 saturated heterocycles. The summed E-state index contributed by atoms with van der Waals surface area (Å²) in [4.78, 5) is 10.2. The molecule has 2 atom stereocenters. The third-order valence-corrected chi connectivity index (χ3v) is 2.85. The van der Waals surface area contributed by atoms with Crippen molar-refractivity contribution >= 4 is 17.6 Å². The second-order valence-electron chi connectivity index (χ2n) is 3.34. The van der Waals surface area contributed by atoms with Crippen LogP contribution in [0.5, 0.6) is 0 Å². The van der Waals surface area contributed by atoms with Crippen LogP contribution in [0.4, 0.5) is 0 Å². The fraction of sp³-hybridized carbons (Fsp3) is 0.444. The maximum absolute atomic E-state index is 10.2. The zero-order valence-electron chi connectivity index (χ0n) is 6.46. The van der Waals surface area contributed by atoms with Gasteiger partial charge in [-0.05, 0) is 30.3 Å². The van der Waals surface area contributed by atoms with E-state index in [0.29, 0.717) is 11.8 Å². The number of carbonyl (C=O) groups is 1. The van der Waals surface area contributed by atoms with Crippen LogP contribution in [0, 0.1) is 11.8 Å². The summed E-state index contributed by atoms with van der Waals surface area (Å²) in [5, 5.41) is 9.26. The molecule has 0 unspecified atom stereocenters. The number of carboxylic acid groups (broad SMARTS) is 1. The summed E-state index contributed by atoms with van der Waals surface area (Å²) in [6, 6.07) is 0. The van der Waals surface area contributed by atoms with Crippen LogP contribution in [0.15, 0.2) is 22.8 Å². The Hall–Kier alpha value is -0.760. The molecule has 0 spiro atoms. The van der Waals surface area contributed by atoms with E-state index in [2.05, 4.69) is 0 Å². The summed E-state index contributed by atoms with van der Waals surface area (Å²) >= 11 is 5.92. The second-order valence-corrected chi connectivity index (χ2v) is 3.79. The van der Waals surface area contributed by atoms with E-state index < -0.39 is 5.97 Å². The fourth-order valence-corrected chi connectivity index (χ4v) is 2.18. The molecule has 1 N–H and O–H groups in total. The van der Waals surface area contributed by atoms with Crippen molar-refractivity contribution in [3.05, 3.63) is 22.8 Å². The monoisotopic (exact) mass is 184 g/mol. The minimum atomic E-state index is -0.906. The lowest BCUT2D eigenvalue weighted by atomic mass is 10.2. The minimum absolute atomic E-state index is 0.563. The molecule has 0 amide bonds. The van der Waals surface area contributed by atoms with Crippen molar-refractivity contribution in [3.8, 4) is 0 Å². The van der Waals surface area contributed by atoms with E-state index in [4.69, 9.17) is 16.7 Å². The number of fused-ring (bicyclic) bond motifs is 1. The van der Waals surface area contributed by atoms with Crippen LogP contribution in [0.3, 0.4) is 0 Å². The van der Waals surface area contributed by atoms with Gasteiger partial charge in [-0.2, -0.15) is 0 Å². The molecule has 0 aromatic carbocycles. The molecule has 2 aliphatic carbocycles. The molecule has 2 rings (SSSR count). The number of halogens is 1. The van der Waals surface area contributed by atoms with Crippen molar-refractivity contribution < 1.29 is 9.90 Å². The summed E-state index contributed by atoms with van der Waals surface area (Å²) in [5.41, 5.74) is 1.05. The van der Waals surface area contributed by atoms with Crippen molar-refractivity contribution in [1.82, 2.24) is 0 Å². The molecule has 2 aliphatic rings. The molecule has 12 heavy (non-hydrogen) atoms. The highest BCUT2D eigenvalue weighted by Gasteiger charge is 2.45. The van der Waals surface area contributed by atoms with E-state index in [0.717, 1.165) is 17.0 Å². The highest BCUT2D eigenvalue weighted by atomic mass is 35.5. The Bertz CT molecular complexity index is 291. The second kappa shape index (κ2) is 2.63. The van der Waals surface area contributed by atoms with Crippen molar-refractivity contribution in [2.24, 2.45) is 11.8 Å². The Morgan fingerprint density at radius 1 is 1.67 bits per heavy atom. The van der Waals surface area contributed by atoms with E-state index in [1.165, 1.54) is 12.5 Å². The van der Waals surface area contributed by atoms with Crippen LogP contribution in [0.25, 0.3) is 0 Å². The highest BCUT2D eigenvalue weighted by Crippen LogP contribution is 2.56. The van der Waals surface area contributed by atoms with Gasteiger partial charge in [0, 0.05) is 11.1 Å². The average Bonchev–Trinajstić information content (AvgIpc) is 2.62. The van der Waals surface area contributed by atoms with E-state index in [1.54, 1.807) is 6.08 Å². The number of carboxylic acids is 1. The molecular formula is C9H9ClO2. The molecule has 0 aliphatic heterocycles. The Labute approximate surface area is 75.5 Å². The van der Waals surface area contributed by atoms with Gasteiger partial charge in [0.2, 0.25) is 0 Å². The highest BCUT2D eigenvalue weighted by molar-refractivity contribution is 6.30. The Kier molecular flexibility index (Phi) is 1.72. The van der Waals surface area contributed by atoms with Crippen LogP contribution < -0.4 is 0 Å². The molecule has 0 bridgehead atoms. The third kappa shape index (κ3) is 1.27. The topological polar surface area (TPSA) is 37.3 Å². The van der Waals surface area contributed by atoms with Gasteiger partial charge in [-0.25, -0.2) is 4.79 Å². The smallest absolute Gasteiger partial charge is 0.328 e. The quantitative estimate of drug-likeness (QED) is 0.668. The number of hydrogen-bond acceptors (Lipinski definition) is 1. The molecular weight excluding hydrogens is 176 g/mol. The minimum Gasteiger partial charge on any atom is -0.478 e. The van der Waals surface area contributed by atoms with Gasteiger partial charge in [0.25, 0.3) is 0 Å². The van der Waals surface area contributed by atoms with Crippen LogP contribution in [-0.4, -0.2) is 11.1 Å². The number of rotatable bonds is 2.